The van der Waals surface area contributed by atoms with Crippen molar-refractivity contribution in [1.29, 1.82) is 0 Å². The summed E-state index contributed by atoms with van der Waals surface area (Å²) in [5.74, 6) is 0.831. The lowest BCUT2D eigenvalue weighted by Gasteiger charge is -2.12. The number of ether oxygens (including phenoxy) is 1. The number of benzene rings is 2. The van der Waals surface area contributed by atoms with Crippen LogP contribution in [-0.4, -0.2) is 26.7 Å². The predicted octanol–water partition coefficient (Wildman–Crippen LogP) is 2.25. The summed E-state index contributed by atoms with van der Waals surface area (Å²) in [6.45, 7) is 0.562. The second-order valence-corrected chi connectivity index (χ2v) is 7.24. The van der Waals surface area contributed by atoms with Crippen LogP contribution in [0.3, 0.4) is 0 Å². The van der Waals surface area contributed by atoms with Gasteiger partial charge in [0.15, 0.2) is 0 Å². The SMILES string of the molecule is O=S(=O)(/C=C/c1ccccc1)NCC(O)c1ccc2c(c1)CCO2. The summed E-state index contributed by atoms with van der Waals surface area (Å²) >= 11 is 0. The summed E-state index contributed by atoms with van der Waals surface area (Å²) in [7, 11) is -3.61. The van der Waals surface area contributed by atoms with E-state index in [1.807, 2.05) is 42.5 Å². The molecule has 0 spiro atoms. The Morgan fingerprint density at radius 3 is 2.79 bits per heavy atom. The summed E-state index contributed by atoms with van der Waals surface area (Å²) in [6, 6.07) is 14.6. The Morgan fingerprint density at radius 2 is 2.00 bits per heavy atom. The molecule has 5 nitrogen and oxygen atoms in total. The molecule has 1 unspecified atom stereocenters. The topological polar surface area (TPSA) is 75.6 Å². The average molecular weight is 345 g/mol. The highest BCUT2D eigenvalue weighted by atomic mass is 32.2. The minimum Gasteiger partial charge on any atom is -0.493 e. The third kappa shape index (κ3) is 4.23. The highest BCUT2D eigenvalue weighted by Gasteiger charge is 2.16. The van der Waals surface area contributed by atoms with Gasteiger partial charge in [0, 0.05) is 18.4 Å². The molecule has 0 aromatic heterocycles. The third-order valence-corrected chi connectivity index (χ3v) is 4.88. The molecule has 6 heteroatoms. The molecule has 1 atom stereocenters. The van der Waals surface area contributed by atoms with Gasteiger partial charge in [0.2, 0.25) is 10.0 Å². The van der Waals surface area contributed by atoms with Crippen LogP contribution < -0.4 is 9.46 Å². The summed E-state index contributed by atoms with van der Waals surface area (Å²) in [6.07, 6.45) is 1.42. The fraction of sp³-hybridized carbons (Fsp3) is 0.222. The van der Waals surface area contributed by atoms with Gasteiger partial charge in [-0.2, -0.15) is 0 Å². The van der Waals surface area contributed by atoms with E-state index in [0.717, 1.165) is 28.7 Å². The van der Waals surface area contributed by atoms with Crippen LogP contribution in [0.1, 0.15) is 22.8 Å². The van der Waals surface area contributed by atoms with Crippen molar-refractivity contribution >= 4 is 16.1 Å². The summed E-state index contributed by atoms with van der Waals surface area (Å²) in [5, 5.41) is 11.3. The number of sulfonamides is 1. The van der Waals surface area contributed by atoms with Crippen LogP contribution in [0.4, 0.5) is 0 Å². The molecule has 24 heavy (non-hydrogen) atoms. The molecule has 2 aromatic rings. The lowest BCUT2D eigenvalue weighted by atomic mass is 10.0. The molecule has 1 aliphatic rings. The summed E-state index contributed by atoms with van der Waals surface area (Å²) in [4.78, 5) is 0. The maximum atomic E-state index is 12.0. The van der Waals surface area contributed by atoms with E-state index in [2.05, 4.69) is 4.72 Å². The minimum atomic E-state index is -3.61. The average Bonchev–Trinajstić information content (AvgIpc) is 3.07. The van der Waals surface area contributed by atoms with Crippen molar-refractivity contribution in [3.63, 3.8) is 0 Å². The molecule has 1 heterocycles. The van der Waals surface area contributed by atoms with Crippen molar-refractivity contribution in [2.75, 3.05) is 13.2 Å². The molecule has 1 aliphatic heterocycles. The molecular weight excluding hydrogens is 326 g/mol. The van der Waals surface area contributed by atoms with E-state index in [9.17, 15) is 13.5 Å². The van der Waals surface area contributed by atoms with Gasteiger partial charge in [0.1, 0.15) is 5.75 Å². The minimum absolute atomic E-state index is 0.0822. The molecule has 0 fully saturated rings. The van der Waals surface area contributed by atoms with Gasteiger partial charge in [0.25, 0.3) is 0 Å². The number of aliphatic hydroxyl groups is 1. The maximum Gasteiger partial charge on any atom is 0.233 e. The molecule has 0 bridgehead atoms. The standard InChI is InChI=1S/C18H19NO4S/c20-17(15-6-7-18-16(12-15)8-10-23-18)13-19-24(21,22)11-9-14-4-2-1-3-5-14/h1-7,9,11-12,17,19-20H,8,10,13H2/b11-9+. The van der Waals surface area contributed by atoms with Crippen molar-refractivity contribution in [2.24, 2.45) is 0 Å². The first-order valence-corrected chi connectivity index (χ1v) is 9.25. The third-order valence-electron chi connectivity index (χ3n) is 3.82. The fourth-order valence-electron chi connectivity index (χ4n) is 2.51. The van der Waals surface area contributed by atoms with E-state index in [4.69, 9.17) is 4.74 Å². The van der Waals surface area contributed by atoms with Crippen LogP contribution in [0.2, 0.25) is 0 Å². The van der Waals surface area contributed by atoms with E-state index in [1.54, 1.807) is 6.07 Å². The predicted molar refractivity (Wildman–Crippen MR) is 93.0 cm³/mol. The number of hydrogen-bond acceptors (Lipinski definition) is 4. The Balaban J connectivity index is 1.61. The molecule has 0 aliphatic carbocycles. The number of fused-ring (bicyclic) bond motifs is 1. The van der Waals surface area contributed by atoms with Crippen molar-refractivity contribution in [3.8, 4) is 5.75 Å². The second kappa shape index (κ2) is 7.17. The first kappa shape index (κ1) is 16.7. The van der Waals surface area contributed by atoms with Crippen LogP contribution in [0.25, 0.3) is 6.08 Å². The molecule has 3 rings (SSSR count). The quantitative estimate of drug-likeness (QED) is 0.842. The van der Waals surface area contributed by atoms with E-state index < -0.39 is 16.1 Å². The Labute approximate surface area is 141 Å². The molecule has 2 N–H and O–H groups in total. The monoisotopic (exact) mass is 345 g/mol. The van der Waals surface area contributed by atoms with Gasteiger partial charge in [0.05, 0.1) is 12.7 Å². The Kier molecular flexibility index (Phi) is 4.99. The normalized spacial score (nSPS) is 15.2. The Morgan fingerprint density at radius 1 is 1.21 bits per heavy atom. The highest BCUT2D eigenvalue weighted by Crippen LogP contribution is 2.28. The molecule has 0 saturated heterocycles. The summed E-state index contributed by atoms with van der Waals surface area (Å²) < 4.78 is 31.8. The van der Waals surface area contributed by atoms with Gasteiger partial charge in [-0.25, -0.2) is 13.1 Å². The van der Waals surface area contributed by atoms with Crippen LogP contribution in [0.5, 0.6) is 5.75 Å². The van der Waals surface area contributed by atoms with Gasteiger partial charge in [-0.3, -0.25) is 0 Å². The van der Waals surface area contributed by atoms with Crippen LogP contribution in [0, 0.1) is 0 Å². The lowest BCUT2D eigenvalue weighted by molar-refractivity contribution is 0.182. The van der Waals surface area contributed by atoms with Crippen LogP contribution in [-0.2, 0) is 16.4 Å². The van der Waals surface area contributed by atoms with Crippen molar-refractivity contribution in [2.45, 2.75) is 12.5 Å². The van der Waals surface area contributed by atoms with Gasteiger partial charge < -0.3 is 9.84 Å². The Bertz CT molecular complexity index is 831. The molecule has 0 amide bonds. The van der Waals surface area contributed by atoms with Crippen molar-refractivity contribution < 1.29 is 18.3 Å². The van der Waals surface area contributed by atoms with E-state index >= 15 is 0 Å². The number of aliphatic hydroxyl groups excluding tert-OH is 1. The van der Waals surface area contributed by atoms with Crippen LogP contribution >= 0.6 is 0 Å². The number of rotatable bonds is 6. The maximum absolute atomic E-state index is 12.0. The van der Waals surface area contributed by atoms with Gasteiger partial charge in [-0.15, -0.1) is 0 Å². The highest BCUT2D eigenvalue weighted by molar-refractivity contribution is 7.92. The van der Waals surface area contributed by atoms with Crippen molar-refractivity contribution in [1.82, 2.24) is 4.72 Å². The largest absolute Gasteiger partial charge is 0.493 e. The smallest absolute Gasteiger partial charge is 0.233 e. The fourth-order valence-corrected chi connectivity index (χ4v) is 3.33. The first-order valence-electron chi connectivity index (χ1n) is 7.70. The van der Waals surface area contributed by atoms with Crippen molar-refractivity contribution in [3.05, 3.63) is 70.6 Å². The van der Waals surface area contributed by atoms with Gasteiger partial charge >= 0.3 is 0 Å². The Hall–Kier alpha value is -2.15. The second-order valence-electron chi connectivity index (χ2n) is 5.59. The number of nitrogens with one attached hydrogen (secondary N) is 1. The van der Waals surface area contributed by atoms with E-state index in [1.165, 1.54) is 6.08 Å². The first-order chi connectivity index (χ1) is 11.5. The van der Waals surface area contributed by atoms with Crippen LogP contribution in [0.15, 0.2) is 53.9 Å². The zero-order chi connectivity index (χ0) is 17.0. The molecular formula is C18H19NO4S. The van der Waals surface area contributed by atoms with Gasteiger partial charge in [-0.1, -0.05) is 36.4 Å². The molecule has 2 aromatic carbocycles. The zero-order valence-electron chi connectivity index (χ0n) is 13.1. The van der Waals surface area contributed by atoms with E-state index in [-0.39, 0.29) is 6.54 Å². The van der Waals surface area contributed by atoms with E-state index in [0.29, 0.717) is 12.2 Å². The lowest BCUT2D eigenvalue weighted by Crippen LogP contribution is -2.26. The van der Waals surface area contributed by atoms with Gasteiger partial charge in [-0.05, 0) is 34.9 Å². The zero-order valence-corrected chi connectivity index (χ0v) is 13.9. The molecule has 126 valence electrons. The molecule has 0 saturated carbocycles. The molecule has 0 radical (unpaired) electrons. The summed E-state index contributed by atoms with van der Waals surface area (Å²) in [5.41, 5.74) is 2.51. The number of hydrogen-bond donors (Lipinski definition) is 2.